The maximum atomic E-state index is 5.33. The van der Waals surface area contributed by atoms with Crippen LogP contribution in [-0.4, -0.2) is 31.2 Å². The van der Waals surface area contributed by atoms with Crippen LogP contribution in [0.2, 0.25) is 0 Å². The largest absolute Gasteiger partial charge is 0.479 e. The topological polar surface area (TPSA) is 50.3 Å². The number of pyridine rings is 2. The van der Waals surface area contributed by atoms with Gasteiger partial charge in [-0.3, -0.25) is 4.98 Å². The van der Waals surface area contributed by atoms with E-state index < -0.39 is 0 Å². The van der Waals surface area contributed by atoms with Gasteiger partial charge in [0.2, 0.25) is 5.88 Å². The Balaban J connectivity index is 2.26. The first-order chi connectivity index (χ1) is 10.0. The highest BCUT2D eigenvalue weighted by atomic mass is 79.9. The first kappa shape index (κ1) is 16.0. The molecule has 0 aliphatic rings. The lowest BCUT2D eigenvalue weighted by Crippen LogP contribution is -2.14. The lowest BCUT2D eigenvalue weighted by Gasteiger charge is -2.20. The third kappa shape index (κ3) is 3.85. The summed E-state index contributed by atoms with van der Waals surface area (Å²) < 4.78 is 7.21. The molecule has 0 saturated carbocycles. The standard InChI is InChI=1S/C14H16Br2N4O/c1-20(2)12-4-5-17-14(21-3)13(12)19-8-11-10(16)6-9(15)7-18-11/h4-7,19H,8H2,1-3H3. The van der Waals surface area contributed by atoms with Gasteiger partial charge in [0.05, 0.1) is 25.0 Å². The fourth-order valence-corrected chi connectivity index (χ4v) is 3.00. The zero-order valence-corrected chi connectivity index (χ0v) is 15.2. The van der Waals surface area contributed by atoms with Crippen LogP contribution in [0.4, 0.5) is 11.4 Å². The zero-order chi connectivity index (χ0) is 15.4. The maximum absolute atomic E-state index is 5.33. The summed E-state index contributed by atoms with van der Waals surface area (Å²) in [7, 11) is 5.57. The van der Waals surface area contributed by atoms with Crippen LogP contribution < -0.4 is 15.0 Å². The van der Waals surface area contributed by atoms with Crippen molar-refractivity contribution in [2.45, 2.75) is 6.54 Å². The van der Waals surface area contributed by atoms with E-state index in [1.807, 2.05) is 31.1 Å². The van der Waals surface area contributed by atoms with Crippen LogP contribution >= 0.6 is 31.9 Å². The molecule has 0 spiro atoms. The minimum atomic E-state index is 0.564. The van der Waals surface area contributed by atoms with Crippen LogP contribution in [0.3, 0.4) is 0 Å². The van der Waals surface area contributed by atoms with Crippen molar-refractivity contribution in [2.24, 2.45) is 0 Å². The van der Waals surface area contributed by atoms with E-state index in [1.165, 1.54) is 0 Å². The molecule has 0 fully saturated rings. The number of aromatic nitrogens is 2. The zero-order valence-electron chi connectivity index (χ0n) is 12.0. The molecule has 1 N–H and O–H groups in total. The van der Waals surface area contributed by atoms with Gasteiger partial charge in [-0.2, -0.15) is 0 Å². The van der Waals surface area contributed by atoms with Gasteiger partial charge in [0.25, 0.3) is 0 Å². The lowest BCUT2D eigenvalue weighted by atomic mass is 10.3. The second-order valence-electron chi connectivity index (χ2n) is 4.54. The van der Waals surface area contributed by atoms with Crippen LogP contribution in [-0.2, 0) is 6.54 Å². The fourth-order valence-electron chi connectivity index (χ4n) is 1.87. The second kappa shape index (κ2) is 7.09. The summed E-state index contributed by atoms with van der Waals surface area (Å²) in [5.41, 5.74) is 2.77. The smallest absolute Gasteiger partial charge is 0.239 e. The molecular formula is C14H16Br2N4O. The average Bonchev–Trinajstić information content (AvgIpc) is 2.45. The Bertz CT molecular complexity index is 634. The highest BCUT2D eigenvalue weighted by molar-refractivity contribution is 9.11. The molecule has 5 nitrogen and oxygen atoms in total. The van der Waals surface area contributed by atoms with Gasteiger partial charge in [-0.15, -0.1) is 0 Å². The van der Waals surface area contributed by atoms with E-state index in [-0.39, 0.29) is 0 Å². The van der Waals surface area contributed by atoms with Crippen molar-refractivity contribution in [3.8, 4) is 5.88 Å². The molecule has 2 aromatic rings. The SMILES string of the molecule is COc1nccc(N(C)C)c1NCc1ncc(Br)cc1Br. The molecule has 112 valence electrons. The third-order valence-electron chi connectivity index (χ3n) is 2.89. The number of halogens is 2. The Morgan fingerprint density at radius 2 is 2.05 bits per heavy atom. The number of nitrogens with zero attached hydrogens (tertiary/aromatic N) is 3. The molecule has 0 aromatic carbocycles. The summed E-state index contributed by atoms with van der Waals surface area (Å²) in [6.07, 6.45) is 3.50. The molecule has 2 heterocycles. The molecular weight excluding hydrogens is 400 g/mol. The van der Waals surface area contributed by atoms with E-state index in [9.17, 15) is 0 Å². The van der Waals surface area contributed by atoms with Gasteiger partial charge in [-0.1, -0.05) is 0 Å². The number of hydrogen-bond donors (Lipinski definition) is 1. The van der Waals surface area contributed by atoms with Gasteiger partial charge in [-0.05, 0) is 44.0 Å². The van der Waals surface area contributed by atoms with Crippen molar-refractivity contribution in [3.63, 3.8) is 0 Å². The molecule has 2 aromatic heterocycles. The van der Waals surface area contributed by atoms with E-state index >= 15 is 0 Å². The van der Waals surface area contributed by atoms with Crippen LogP contribution in [0.15, 0.2) is 33.5 Å². The van der Waals surface area contributed by atoms with Crippen LogP contribution in [0, 0.1) is 0 Å². The van der Waals surface area contributed by atoms with Crippen molar-refractivity contribution in [1.29, 1.82) is 0 Å². The second-order valence-corrected chi connectivity index (χ2v) is 6.31. The fraction of sp³-hybridized carbons (Fsp3) is 0.286. The van der Waals surface area contributed by atoms with E-state index in [0.717, 1.165) is 26.0 Å². The molecule has 0 aliphatic carbocycles. The van der Waals surface area contributed by atoms with Crippen molar-refractivity contribution in [2.75, 3.05) is 31.4 Å². The molecule has 0 bridgehead atoms. The summed E-state index contributed by atoms with van der Waals surface area (Å²) in [6.45, 7) is 0.566. The minimum Gasteiger partial charge on any atom is -0.479 e. The molecule has 0 saturated heterocycles. The highest BCUT2D eigenvalue weighted by Crippen LogP contribution is 2.32. The summed E-state index contributed by atoms with van der Waals surface area (Å²) in [4.78, 5) is 10.6. The van der Waals surface area contributed by atoms with Crippen molar-refractivity contribution < 1.29 is 4.74 Å². The molecule has 0 amide bonds. The lowest BCUT2D eigenvalue weighted by molar-refractivity contribution is 0.400. The predicted molar refractivity (Wildman–Crippen MR) is 92.1 cm³/mol. The van der Waals surface area contributed by atoms with Gasteiger partial charge in [0, 0.05) is 35.4 Å². The maximum Gasteiger partial charge on any atom is 0.239 e. The summed E-state index contributed by atoms with van der Waals surface area (Å²) in [5, 5.41) is 3.35. The summed E-state index contributed by atoms with van der Waals surface area (Å²) >= 11 is 6.91. The Morgan fingerprint density at radius 3 is 2.67 bits per heavy atom. The Kier molecular flexibility index (Phi) is 5.41. The number of ether oxygens (including phenoxy) is 1. The molecule has 0 atom stereocenters. The molecule has 0 unspecified atom stereocenters. The van der Waals surface area contributed by atoms with Crippen LogP contribution in [0.1, 0.15) is 5.69 Å². The highest BCUT2D eigenvalue weighted by Gasteiger charge is 2.13. The Labute approximate surface area is 141 Å². The Hall–Kier alpha value is -1.34. The minimum absolute atomic E-state index is 0.564. The van der Waals surface area contributed by atoms with Crippen molar-refractivity contribution >= 4 is 43.2 Å². The summed E-state index contributed by atoms with van der Waals surface area (Å²) in [6, 6.07) is 3.91. The number of hydrogen-bond acceptors (Lipinski definition) is 5. The van der Waals surface area contributed by atoms with E-state index in [0.29, 0.717) is 12.4 Å². The van der Waals surface area contributed by atoms with Crippen LogP contribution in [0.5, 0.6) is 5.88 Å². The quantitative estimate of drug-likeness (QED) is 0.806. The van der Waals surface area contributed by atoms with Crippen molar-refractivity contribution in [3.05, 3.63) is 39.2 Å². The van der Waals surface area contributed by atoms with Gasteiger partial charge < -0.3 is 15.0 Å². The predicted octanol–water partition coefficient (Wildman–Crippen LogP) is 3.69. The van der Waals surface area contributed by atoms with Crippen molar-refractivity contribution in [1.82, 2.24) is 9.97 Å². The Morgan fingerprint density at radius 1 is 1.29 bits per heavy atom. The van der Waals surface area contributed by atoms with E-state index in [4.69, 9.17) is 4.74 Å². The van der Waals surface area contributed by atoms with Crippen LogP contribution in [0.25, 0.3) is 0 Å². The van der Waals surface area contributed by atoms with Gasteiger partial charge in [-0.25, -0.2) is 4.98 Å². The van der Waals surface area contributed by atoms with E-state index in [1.54, 1.807) is 19.5 Å². The van der Waals surface area contributed by atoms with Gasteiger partial charge in [0.1, 0.15) is 5.69 Å². The molecule has 0 radical (unpaired) electrons. The molecule has 0 aliphatic heterocycles. The first-order valence-corrected chi connectivity index (χ1v) is 7.85. The number of anilines is 2. The normalized spacial score (nSPS) is 10.3. The number of methoxy groups -OCH3 is 1. The molecule has 2 rings (SSSR count). The third-order valence-corrected chi connectivity index (χ3v) is 4.01. The average molecular weight is 416 g/mol. The monoisotopic (exact) mass is 414 g/mol. The van der Waals surface area contributed by atoms with Gasteiger partial charge in [0.15, 0.2) is 0 Å². The first-order valence-electron chi connectivity index (χ1n) is 6.27. The van der Waals surface area contributed by atoms with Gasteiger partial charge >= 0.3 is 0 Å². The number of nitrogens with one attached hydrogen (secondary N) is 1. The molecule has 7 heteroatoms. The number of rotatable bonds is 5. The van der Waals surface area contributed by atoms with E-state index in [2.05, 4.69) is 47.1 Å². The summed E-state index contributed by atoms with van der Waals surface area (Å²) in [5.74, 6) is 0.564. The molecule has 21 heavy (non-hydrogen) atoms.